The normalized spacial score (nSPS) is 16.6. The van der Waals surface area contributed by atoms with Crippen molar-refractivity contribution in [2.24, 2.45) is 0 Å². The first-order valence-electron chi connectivity index (χ1n) is 11.9. The van der Waals surface area contributed by atoms with Gasteiger partial charge in [0.25, 0.3) is 0 Å². The molecule has 2 aromatic rings. The first-order chi connectivity index (χ1) is 15.5. The third-order valence-corrected chi connectivity index (χ3v) is 6.18. The second kappa shape index (κ2) is 11.7. The third-order valence-electron chi connectivity index (χ3n) is 6.18. The van der Waals surface area contributed by atoms with E-state index >= 15 is 0 Å². The molecule has 178 valence electrons. The van der Waals surface area contributed by atoms with Crippen molar-refractivity contribution < 1.29 is 18.7 Å². The highest BCUT2D eigenvalue weighted by Gasteiger charge is 2.30. The number of fused-ring (bicyclic) bond motifs is 1. The van der Waals surface area contributed by atoms with Crippen LogP contribution in [0.1, 0.15) is 52.1 Å². The molecule has 1 amide bonds. The van der Waals surface area contributed by atoms with Crippen LogP contribution in [0.3, 0.4) is 0 Å². The Balaban J connectivity index is 1.98. The van der Waals surface area contributed by atoms with Gasteiger partial charge in [-0.05, 0) is 71.2 Å². The molecule has 3 rings (SSSR count). The Hall–Kier alpha value is -2.12. The van der Waals surface area contributed by atoms with Crippen LogP contribution in [0, 0.1) is 5.82 Å². The van der Waals surface area contributed by atoms with Gasteiger partial charge >= 0.3 is 0 Å². The Labute approximate surface area is 191 Å². The molecular weight excluding hydrogens is 409 g/mol. The molecule has 1 aromatic heterocycles. The lowest BCUT2D eigenvalue weighted by Gasteiger charge is -2.37. The van der Waals surface area contributed by atoms with Gasteiger partial charge in [0.2, 0.25) is 5.91 Å². The fourth-order valence-corrected chi connectivity index (χ4v) is 4.82. The summed E-state index contributed by atoms with van der Waals surface area (Å²) in [5, 5.41) is 4.28. The maximum Gasteiger partial charge on any atom is 0.229 e. The summed E-state index contributed by atoms with van der Waals surface area (Å²) in [5.41, 5.74) is 1.62. The average molecular weight is 448 g/mol. The fourth-order valence-electron chi connectivity index (χ4n) is 4.82. The molecule has 0 radical (unpaired) electrons. The maximum atomic E-state index is 14.2. The minimum Gasteiger partial charge on any atom is -0.491 e. The monoisotopic (exact) mass is 447 g/mol. The number of halogens is 1. The summed E-state index contributed by atoms with van der Waals surface area (Å²) in [5.74, 6) is 0.510. The summed E-state index contributed by atoms with van der Waals surface area (Å²) in [6, 6.07) is 5.08. The Morgan fingerprint density at radius 2 is 2.16 bits per heavy atom. The van der Waals surface area contributed by atoms with Crippen LogP contribution in [0.15, 0.2) is 18.2 Å². The second-order valence-corrected chi connectivity index (χ2v) is 8.79. The van der Waals surface area contributed by atoms with Crippen LogP contribution in [0.2, 0.25) is 0 Å². The number of unbranched alkanes of at least 4 members (excludes halogenated alkanes) is 1. The van der Waals surface area contributed by atoms with E-state index in [0.29, 0.717) is 25.5 Å². The number of hydrogen-bond acceptors (Lipinski definition) is 4. The predicted molar refractivity (Wildman–Crippen MR) is 126 cm³/mol. The number of ether oxygens (including phenoxy) is 2. The number of methoxy groups -OCH3 is 1. The van der Waals surface area contributed by atoms with Crippen LogP contribution in [0.4, 0.5) is 4.39 Å². The standard InChI is InChI=1S/C25H38FN3O3/c1-5-32-25-21-11-10-19(26)15-22(21)28(13-6-7-14-31-4)23(25)16-24(30)29(18(2)3)20-9-8-12-27-17-20/h10-11,15,18,20,27H,5-9,12-14,16-17H2,1-4H3/t20-/m1/s1. The van der Waals surface area contributed by atoms with Gasteiger partial charge in [0, 0.05) is 44.3 Å². The molecule has 6 nitrogen and oxygen atoms in total. The molecule has 1 N–H and O–H groups in total. The molecule has 1 aliphatic rings. The number of aryl methyl sites for hydroxylation is 1. The lowest BCUT2D eigenvalue weighted by molar-refractivity contribution is -0.135. The van der Waals surface area contributed by atoms with Crippen molar-refractivity contribution in [3.63, 3.8) is 0 Å². The van der Waals surface area contributed by atoms with E-state index in [1.54, 1.807) is 19.2 Å². The first kappa shape index (κ1) is 24.5. The average Bonchev–Trinajstić information content (AvgIpc) is 3.04. The van der Waals surface area contributed by atoms with Crippen molar-refractivity contribution in [3.8, 4) is 5.75 Å². The molecule has 2 heterocycles. The molecule has 0 aliphatic carbocycles. The third kappa shape index (κ3) is 5.62. The number of rotatable bonds is 11. The summed E-state index contributed by atoms with van der Waals surface area (Å²) in [6.45, 7) is 9.77. The van der Waals surface area contributed by atoms with E-state index in [1.165, 1.54) is 6.07 Å². The molecule has 1 fully saturated rings. The molecule has 7 heteroatoms. The Morgan fingerprint density at radius 1 is 1.34 bits per heavy atom. The van der Waals surface area contributed by atoms with Gasteiger partial charge in [0.05, 0.1) is 24.2 Å². The summed E-state index contributed by atoms with van der Waals surface area (Å²) in [7, 11) is 1.69. The number of amides is 1. The number of hydrogen-bond donors (Lipinski definition) is 1. The first-order valence-corrected chi connectivity index (χ1v) is 11.9. The number of benzene rings is 1. The van der Waals surface area contributed by atoms with Crippen molar-refractivity contribution in [1.82, 2.24) is 14.8 Å². The van der Waals surface area contributed by atoms with E-state index in [-0.39, 0.29) is 30.2 Å². The van der Waals surface area contributed by atoms with Gasteiger partial charge in [0.1, 0.15) is 11.6 Å². The molecule has 1 atom stereocenters. The number of aromatic nitrogens is 1. The summed E-state index contributed by atoms with van der Waals surface area (Å²) in [4.78, 5) is 15.6. The molecule has 0 spiro atoms. The zero-order valence-corrected chi connectivity index (χ0v) is 20.0. The van der Waals surface area contributed by atoms with E-state index in [2.05, 4.69) is 23.7 Å². The summed E-state index contributed by atoms with van der Waals surface area (Å²) >= 11 is 0. The molecule has 0 bridgehead atoms. The highest BCUT2D eigenvalue weighted by atomic mass is 19.1. The predicted octanol–water partition coefficient (Wildman–Crippen LogP) is 4.14. The van der Waals surface area contributed by atoms with E-state index < -0.39 is 0 Å². The number of carbonyl (C=O) groups is 1. The lowest BCUT2D eigenvalue weighted by atomic mass is 10.0. The smallest absolute Gasteiger partial charge is 0.229 e. The van der Waals surface area contributed by atoms with Gasteiger partial charge in [0.15, 0.2) is 0 Å². The second-order valence-electron chi connectivity index (χ2n) is 8.79. The largest absolute Gasteiger partial charge is 0.491 e. The Kier molecular flexibility index (Phi) is 8.93. The molecule has 32 heavy (non-hydrogen) atoms. The van der Waals surface area contributed by atoms with Gasteiger partial charge in [-0.25, -0.2) is 4.39 Å². The lowest BCUT2D eigenvalue weighted by Crippen LogP contribution is -2.52. The molecule has 0 unspecified atom stereocenters. The summed E-state index contributed by atoms with van der Waals surface area (Å²) < 4.78 is 27.5. The van der Waals surface area contributed by atoms with Gasteiger partial charge in [-0.15, -0.1) is 0 Å². The van der Waals surface area contributed by atoms with Gasteiger partial charge in [-0.1, -0.05) is 0 Å². The zero-order valence-electron chi connectivity index (χ0n) is 20.0. The quantitative estimate of drug-likeness (QED) is 0.526. The van der Waals surface area contributed by atoms with Crippen molar-refractivity contribution in [1.29, 1.82) is 0 Å². The Morgan fingerprint density at radius 3 is 2.81 bits per heavy atom. The van der Waals surface area contributed by atoms with Gasteiger partial charge in [-0.2, -0.15) is 0 Å². The zero-order chi connectivity index (χ0) is 23.1. The number of carbonyl (C=O) groups excluding carboxylic acids is 1. The van der Waals surface area contributed by atoms with Crippen LogP contribution in [-0.4, -0.2) is 60.9 Å². The topological polar surface area (TPSA) is 55.7 Å². The number of piperidine rings is 1. The fraction of sp³-hybridized carbons (Fsp3) is 0.640. The minimum atomic E-state index is -0.286. The van der Waals surface area contributed by atoms with E-state index in [4.69, 9.17) is 9.47 Å². The van der Waals surface area contributed by atoms with Gasteiger partial charge in [-0.3, -0.25) is 4.79 Å². The van der Waals surface area contributed by atoms with Crippen LogP contribution < -0.4 is 10.1 Å². The van der Waals surface area contributed by atoms with Gasteiger partial charge < -0.3 is 24.3 Å². The van der Waals surface area contributed by atoms with Crippen LogP contribution >= 0.6 is 0 Å². The molecular formula is C25H38FN3O3. The van der Waals surface area contributed by atoms with Crippen LogP contribution in [0.5, 0.6) is 5.75 Å². The van der Waals surface area contributed by atoms with Crippen molar-refractivity contribution >= 4 is 16.8 Å². The van der Waals surface area contributed by atoms with Crippen LogP contribution in [-0.2, 0) is 22.5 Å². The molecule has 1 aliphatic heterocycles. The Bertz CT molecular complexity index is 890. The van der Waals surface area contributed by atoms with Crippen molar-refractivity contribution in [2.75, 3.05) is 33.4 Å². The number of nitrogens with one attached hydrogen (secondary N) is 1. The highest BCUT2D eigenvalue weighted by Crippen LogP contribution is 2.35. The SMILES string of the molecule is CCOc1c(CC(=O)N(C(C)C)[C@@H]2CCCNC2)n(CCCCOC)c2cc(F)ccc12. The number of nitrogens with zero attached hydrogens (tertiary/aromatic N) is 2. The summed E-state index contributed by atoms with van der Waals surface area (Å²) in [6.07, 6.45) is 4.10. The van der Waals surface area contributed by atoms with Crippen molar-refractivity contribution in [3.05, 3.63) is 29.7 Å². The minimum absolute atomic E-state index is 0.0936. The van der Waals surface area contributed by atoms with E-state index in [0.717, 1.165) is 55.4 Å². The maximum absolute atomic E-state index is 14.2. The van der Waals surface area contributed by atoms with Crippen LogP contribution in [0.25, 0.3) is 10.9 Å². The highest BCUT2D eigenvalue weighted by molar-refractivity contribution is 5.91. The molecule has 1 aromatic carbocycles. The molecule has 1 saturated heterocycles. The van der Waals surface area contributed by atoms with Crippen molar-refractivity contribution in [2.45, 2.75) is 71.5 Å². The van der Waals surface area contributed by atoms with E-state index in [9.17, 15) is 9.18 Å². The molecule has 0 saturated carbocycles. The van der Waals surface area contributed by atoms with E-state index in [1.807, 2.05) is 11.8 Å².